The Hall–Kier alpha value is -3.68. The Labute approximate surface area is 209 Å². The summed E-state index contributed by atoms with van der Waals surface area (Å²) in [6.07, 6.45) is 1.77. The Kier molecular flexibility index (Phi) is 5.35. The molecule has 0 saturated carbocycles. The number of nitro benzene ring substituents is 1. The van der Waals surface area contributed by atoms with Gasteiger partial charge < -0.3 is 14.8 Å². The van der Waals surface area contributed by atoms with Gasteiger partial charge >= 0.3 is 0 Å². The number of aliphatic hydroxyl groups is 1. The lowest BCUT2D eigenvalue weighted by atomic mass is 9.56. The second-order valence-corrected chi connectivity index (χ2v) is 10.2. The van der Waals surface area contributed by atoms with Crippen molar-refractivity contribution in [1.82, 2.24) is 9.88 Å². The number of β-amino-alcohol motifs (C(OH)–C–C–N with tert-alkyl or cyclic N) is 1. The first kappa shape index (κ1) is 22.8. The largest absolute Gasteiger partial charge is 0.497 e. The van der Waals surface area contributed by atoms with E-state index in [1.807, 2.05) is 42.5 Å². The molecule has 36 heavy (non-hydrogen) atoms. The molecule has 2 aliphatic rings. The van der Waals surface area contributed by atoms with Crippen LogP contribution in [0.3, 0.4) is 0 Å². The number of nitro groups is 1. The molecule has 1 aliphatic heterocycles. The van der Waals surface area contributed by atoms with Gasteiger partial charge in [0.25, 0.3) is 5.69 Å². The van der Waals surface area contributed by atoms with E-state index < -0.39 is 11.0 Å². The Balaban J connectivity index is 1.48. The Morgan fingerprint density at radius 2 is 1.89 bits per heavy atom. The van der Waals surface area contributed by atoms with E-state index in [1.165, 1.54) is 11.6 Å². The van der Waals surface area contributed by atoms with Gasteiger partial charge in [-0.1, -0.05) is 54.6 Å². The molecular formula is C29H29N3O4. The Morgan fingerprint density at radius 1 is 1.08 bits per heavy atom. The van der Waals surface area contributed by atoms with E-state index in [0.29, 0.717) is 24.9 Å². The number of piperidine rings is 1. The molecule has 6 rings (SSSR count). The SMILES string of the molecule is COc1cccc([C@@]23CCN(Cc4ccccc4)C[C@@]2(O)Cc2c([nH]c4c([N+](=O)[O-])cccc24)C3)c1. The zero-order chi connectivity index (χ0) is 24.9. The van der Waals surface area contributed by atoms with Crippen LogP contribution < -0.4 is 4.74 Å². The van der Waals surface area contributed by atoms with Crippen LogP contribution >= 0.6 is 0 Å². The molecule has 1 aliphatic carbocycles. The summed E-state index contributed by atoms with van der Waals surface area (Å²) >= 11 is 0. The van der Waals surface area contributed by atoms with E-state index in [1.54, 1.807) is 13.2 Å². The summed E-state index contributed by atoms with van der Waals surface area (Å²) in [4.78, 5) is 17.1. The third-order valence-electron chi connectivity index (χ3n) is 8.25. The molecule has 184 valence electrons. The third-order valence-corrected chi connectivity index (χ3v) is 8.25. The predicted octanol–water partition coefficient (Wildman–Crippen LogP) is 4.76. The monoisotopic (exact) mass is 483 g/mol. The summed E-state index contributed by atoms with van der Waals surface area (Å²) in [5, 5.41) is 25.1. The van der Waals surface area contributed by atoms with Crippen molar-refractivity contribution >= 4 is 16.6 Å². The van der Waals surface area contributed by atoms with Crippen LogP contribution in [0.25, 0.3) is 10.9 Å². The van der Waals surface area contributed by atoms with Crippen molar-refractivity contribution in [2.45, 2.75) is 36.8 Å². The quantitative estimate of drug-likeness (QED) is 0.316. The lowest BCUT2D eigenvalue weighted by Crippen LogP contribution is -2.66. The van der Waals surface area contributed by atoms with Crippen LogP contribution in [-0.4, -0.2) is 45.7 Å². The summed E-state index contributed by atoms with van der Waals surface area (Å²) in [6.45, 7) is 2.12. The molecule has 1 saturated heterocycles. The molecule has 0 spiro atoms. The highest BCUT2D eigenvalue weighted by atomic mass is 16.6. The first-order valence-electron chi connectivity index (χ1n) is 12.3. The van der Waals surface area contributed by atoms with Gasteiger partial charge in [0.1, 0.15) is 11.3 Å². The van der Waals surface area contributed by atoms with E-state index >= 15 is 0 Å². The van der Waals surface area contributed by atoms with Crippen molar-refractivity contribution in [3.8, 4) is 5.75 Å². The van der Waals surface area contributed by atoms with E-state index in [9.17, 15) is 15.2 Å². The van der Waals surface area contributed by atoms with Crippen molar-refractivity contribution in [1.29, 1.82) is 0 Å². The molecule has 0 amide bonds. The first-order chi connectivity index (χ1) is 17.4. The molecular weight excluding hydrogens is 454 g/mol. The lowest BCUT2D eigenvalue weighted by Gasteiger charge is -2.56. The minimum Gasteiger partial charge on any atom is -0.497 e. The molecule has 3 aromatic carbocycles. The summed E-state index contributed by atoms with van der Waals surface area (Å²) < 4.78 is 5.54. The number of likely N-dealkylation sites (tertiary alicyclic amines) is 1. The van der Waals surface area contributed by atoms with Crippen LogP contribution in [0.1, 0.15) is 28.8 Å². The highest BCUT2D eigenvalue weighted by Gasteiger charge is 2.57. The molecule has 7 heteroatoms. The Bertz CT molecular complexity index is 1450. The first-order valence-corrected chi connectivity index (χ1v) is 12.3. The van der Waals surface area contributed by atoms with Crippen LogP contribution in [0, 0.1) is 10.1 Å². The van der Waals surface area contributed by atoms with E-state index in [2.05, 4.69) is 28.1 Å². The molecule has 2 N–H and O–H groups in total. The number of aromatic nitrogens is 1. The van der Waals surface area contributed by atoms with E-state index in [0.717, 1.165) is 47.5 Å². The van der Waals surface area contributed by atoms with Crippen molar-refractivity contribution in [3.05, 3.63) is 105 Å². The smallest absolute Gasteiger partial charge is 0.293 e. The molecule has 7 nitrogen and oxygen atoms in total. The van der Waals surface area contributed by atoms with Crippen LogP contribution in [0.5, 0.6) is 5.75 Å². The molecule has 0 radical (unpaired) electrons. The molecule has 1 fully saturated rings. The Morgan fingerprint density at radius 3 is 2.67 bits per heavy atom. The van der Waals surface area contributed by atoms with Gasteiger partial charge in [-0.05, 0) is 41.8 Å². The predicted molar refractivity (Wildman–Crippen MR) is 138 cm³/mol. The van der Waals surface area contributed by atoms with Gasteiger partial charge in [-0.15, -0.1) is 0 Å². The van der Waals surface area contributed by atoms with Crippen molar-refractivity contribution in [2.75, 3.05) is 20.2 Å². The third kappa shape index (κ3) is 3.50. The minimum absolute atomic E-state index is 0.0676. The van der Waals surface area contributed by atoms with Gasteiger partial charge in [-0.3, -0.25) is 15.0 Å². The lowest BCUT2D eigenvalue weighted by molar-refractivity contribution is -0.383. The summed E-state index contributed by atoms with van der Waals surface area (Å²) in [7, 11) is 1.65. The second kappa shape index (κ2) is 8.47. The normalized spacial score (nSPS) is 23.7. The number of hydrogen-bond donors (Lipinski definition) is 2. The van der Waals surface area contributed by atoms with Gasteiger partial charge in [0.2, 0.25) is 0 Å². The number of methoxy groups -OCH3 is 1. The number of rotatable bonds is 5. The average Bonchev–Trinajstić information content (AvgIpc) is 3.24. The number of nitrogens with zero attached hydrogens (tertiary/aromatic N) is 2. The van der Waals surface area contributed by atoms with Gasteiger partial charge in [-0.2, -0.15) is 0 Å². The summed E-state index contributed by atoms with van der Waals surface area (Å²) in [6, 6.07) is 23.5. The highest BCUT2D eigenvalue weighted by Crippen LogP contribution is 2.52. The van der Waals surface area contributed by atoms with Crippen LogP contribution in [0.2, 0.25) is 0 Å². The summed E-state index contributed by atoms with van der Waals surface area (Å²) in [5.74, 6) is 0.758. The minimum atomic E-state index is -1.06. The number of nitrogens with one attached hydrogen (secondary N) is 1. The average molecular weight is 484 g/mol. The fourth-order valence-corrected chi connectivity index (χ4v) is 6.48. The zero-order valence-electron chi connectivity index (χ0n) is 20.2. The van der Waals surface area contributed by atoms with Gasteiger partial charge in [-0.25, -0.2) is 0 Å². The summed E-state index contributed by atoms with van der Waals surface area (Å²) in [5.41, 5.74) is 3.22. The topological polar surface area (TPSA) is 91.6 Å². The second-order valence-electron chi connectivity index (χ2n) is 10.2. The van der Waals surface area contributed by atoms with Gasteiger partial charge in [0, 0.05) is 48.5 Å². The number of non-ortho nitro benzene ring substituents is 1. The number of aromatic amines is 1. The van der Waals surface area contributed by atoms with E-state index in [-0.39, 0.29) is 10.6 Å². The number of ether oxygens (including phenoxy) is 1. The van der Waals surface area contributed by atoms with Crippen LogP contribution in [0.15, 0.2) is 72.8 Å². The molecule has 2 atom stereocenters. The number of fused-ring (bicyclic) bond motifs is 4. The maximum Gasteiger partial charge on any atom is 0.293 e. The highest BCUT2D eigenvalue weighted by molar-refractivity contribution is 5.92. The molecule has 0 unspecified atom stereocenters. The van der Waals surface area contributed by atoms with E-state index in [4.69, 9.17) is 4.74 Å². The molecule has 2 heterocycles. The molecule has 0 bridgehead atoms. The number of hydrogen-bond acceptors (Lipinski definition) is 5. The fourth-order valence-electron chi connectivity index (χ4n) is 6.48. The fraction of sp³-hybridized carbons (Fsp3) is 0.310. The number of para-hydroxylation sites is 1. The maximum absolute atomic E-state index is 12.6. The van der Waals surface area contributed by atoms with Crippen molar-refractivity contribution in [3.63, 3.8) is 0 Å². The van der Waals surface area contributed by atoms with Crippen molar-refractivity contribution in [2.24, 2.45) is 0 Å². The molecule has 1 aromatic heterocycles. The number of H-pyrrole nitrogens is 1. The standard InChI is InChI=1S/C29H29N3O4/c1-36-22-10-5-9-21(15-22)28-13-14-31(18-20-7-3-2-4-8-20)19-29(28,33)16-24-23-11-6-12-26(32(34)35)27(23)30-25(24)17-28/h2-12,15,30,33H,13-14,16-19H2,1H3/t28-,29-/m0/s1. The van der Waals surface area contributed by atoms with Gasteiger partial charge in [0.05, 0.1) is 17.6 Å². The van der Waals surface area contributed by atoms with Crippen LogP contribution in [-0.2, 0) is 24.8 Å². The maximum atomic E-state index is 12.6. The molecule has 4 aromatic rings. The zero-order valence-corrected chi connectivity index (χ0v) is 20.2. The van der Waals surface area contributed by atoms with Gasteiger partial charge in [0.15, 0.2) is 0 Å². The van der Waals surface area contributed by atoms with Crippen LogP contribution in [0.4, 0.5) is 5.69 Å². The number of benzene rings is 3. The van der Waals surface area contributed by atoms with Crippen molar-refractivity contribution < 1.29 is 14.8 Å².